The summed E-state index contributed by atoms with van der Waals surface area (Å²) in [6.07, 6.45) is 0. The zero-order chi connectivity index (χ0) is 16.4. The van der Waals surface area contributed by atoms with Crippen molar-refractivity contribution in [3.8, 4) is 0 Å². The van der Waals surface area contributed by atoms with Crippen molar-refractivity contribution in [1.29, 1.82) is 0 Å². The Hall–Kier alpha value is -3.09. The van der Waals surface area contributed by atoms with Gasteiger partial charge in [-0.2, -0.15) is 4.68 Å². The highest BCUT2D eigenvalue weighted by Crippen LogP contribution is 2.12. The van der Waals surface area contributed by atoms with E-state index in [-0.39, 0.29) is 0 Å². The van der Waals surface area contributed by atoms with Crippen LogP contribution in [0.1, 0.15) is 13.0 Å². The summed E-state index contributed by atoms with van der Waals surface area (Å²) in [6, 6.07) is 11.3. The average Bonchev–Trinajstić information content (AvgIpc) is 2.57. The summed E-state index contributed by atoms with van der Waals surface area (Å²) >= 11 is 0. The largest absolute Gasteiger partial charge is 0.324 e. The first kappa shape index (κ1) is 14.8. The third kappa shape index (κ3) is 2.94. The Morgan fingerprint density at radius 2 is 1.87 bits per heavy atom. The maximum absolute atomic E-state index is 12.9. The Morgan fingerprint density at radius 1 is 1.17 bits per heavy atom. The van der Waals surface area contributed by atoms with E-state index in [1.165, 1.54) is 24.3 Å². The lowest BCUT2D eigenvalue weighted by Crippen LogP contribution is -2.34. The van der Waals surface area contributed by atoms with E-state index in [2.05, 4.69) is 15.6 Å². The summed E-state index contributed by atoms with van der Waals surface area (Å²) in [5, 5.41) is 10.8. The van der Waals surface area contributed by atoms with Crippen LogP contribution in [0.25, 0.3) is 10.9 Å². The number of fused-ring (bicyclic) bond motifs is 1. The number of aromatic nitrogens is 3. The highest BCUT2D eigenvalue weighted by molar-refractivity contribution is 5.93. The van der Waals surface area contributed by atoms with E-state index in [9.17, 15) is 14.0 Å². The Kier molecular flexibility index (Phi) is 3.84. The van der Waals surface area contributed by atoms with E-state index < -0.39 is 23.3 Å². The molecule has 0 bridgehead atoms. The molecule has 3 rings (SSSR count). The first-order valence-electron chi connectivity index (χ1n) is 6.97. The molecule has 1 amide bonds. The van der Waals surface area contributed by atoms with Crippen LogP contribution >= 0.6 is 0 Å². The highest BCUT2D eigenvalue weighted by Gasteiger charge is 2.19. The molecule has 0 fully saturated rings. The van der Waals surface area contributed by atoms with E-state index in [0.717, 1.165) is 4.68 Å². The van der Waals surface area contributed by atoms with Gasteiger partial charge in [0.2, 0.25) is 5.91 Å². The van der Waals surface area contributed by atoms with Crippen LogP contribution in [0, 0.1) is 5.82 Å². The van der Waals surface area contributed by atoms with E-state index in [0.29, 0.717) is 16.6 Å². The lowest BCUT2D eigenvalue weighted by molar-refractivity contribution is -0.119. The van der Waals surface area contributed by atoms with Gasteiger partial charge in [0.25, 0.3) is 5.56 Å². The number of halogens is 1. The molecule has 1 atom stereocenters. The zero-order valence-corrected chi connectivity index (χ0v) is 12.2. The van der Waals surface area contributed by atoms with Crippen molar-refractivity contribution in [2.45, 2.75) is 13.0 Å². The minimum absolute atomic E-state index is 0.391. The minimum atomic E-state index is -0.857. The number of anilines is 1. The lowest BCUT2D eigenvalue weighted by Gasteiger charge is -2.13. The molecule has 1 aromatic heterocycles. The molecule has 0 radical (unpaired) electrons. The van der Waals surface area contributed by atoms with Crippen LogP contribution in [0.3, 0.4) is 0 Å². The highest BCUT2D eigenvalue weighted by atomic mass is 19.1. The summed E-state index contributed by atoms with van der Waals surface area (Å²) in [5.74, 6) is -0.837. The van der Waals surface area contributed by atoms with Crippen molar-refractivity contribution in [3.63, 3.8) is 0 Å². The van der Waals surface area contributed by atoms with Crippen LogP contribution in [0.15, 0.2) is 53.3 Å². The molecular formula is C16H13FN4O2. The summed E-state index contributed by atoms with van der Waals surface area (Å²) < 4.78 is 13.9. The predicted octanol–water partition coefficient (Wildman–Crippen LogP) is 2.13. The number of carbonyl (C=O) groups is 1. The first-order valence-corrected chi connectivity index (χ1v) is 6.97. The van der Waals surface area contributed by atoms with Crippen LogP contribution in [0.4, 0.5) is 10.1 Å². The minimum Gasteiger partial charge on any atom is -0.324 e. The van der Waals surface area contributed by atoms with Crippen LogP contribution in [-0.2, 0) is 4.79 Å². The Balaban J connectivity index is 1.89. The van der Waals surface area contributed by atoms with Gasteiger partial charge in [-0.05, 0) is 43.3 Å². The number of carbonyl (C=O) groups excluding carboxylic acids is 1. The monoisotopic (exact) mass is 312 g/mol. The normalized spacial score (nSPS) is 12.1. The van der Waals surface area contributed by atoms with Crippen molar-refractivity contribution in [1.82, 2.24) is 15.0 Å². The second-order valence-corrected chi connectivity index (χ2v) is 5.03. The van der Waals surface area contributed by atoms with Gasteiger partial charge in [-0.15, -0.1) is 5.10 Å². The molecule has 0 saturated heterocycles. The number of rotatable bonds is 3. The molecule has 0 aliphatic heterocycles. The zero-order valence-electron chi connectivity index (χ0n) is 12.2. The number of nitrogens with zero attached hydrogens (tertiary/aromatic N) is 3. The van der Waals surface area contributed by atoms with Crippen molar-refractivity contribution in [3.05, 3.63) is 64.7 Å². The fourth-order valence-electron chi connectivity index (χ4n) is 2.15. The lowest BCUT2D eigenvalue weighted by atomic mass is 10.2. The molecule has 0 aliphatic carbocycles. The molecule has 23 heavy (non-hydrogen) atoms. The molecule has 7 heteroatoms. The topological polar surface area (TPSA) is 76.9 Å². The fourth-order valence-corrected chi connectivity index (χ4v) is 2.15. The first-order chi connectivity index (χ1) is 11.1. The molecular weight excluding hydrogens is 299 g/mol. The second-order valence-electron chi connectivity index (χ2n) is 5.03. The van der Waals surface area contributed by atoms with Gasteiger partial charge in [0, 0.05) is 5.69 Å². The number of benzene rings is 2. The van der Waals surface area contributed by atoms with Crippen LogP contribution in [0.2, 0.25) is 0 Å². The van der Waals surface area contributed by atoms with Gasteiger partial charge in [-0.1, -0.05) is 17.3 Å². The van der Waals surface area contributed by atoms with Crippen molar-refractivity contribution in [2.24, 2.45) is 0 Å². The maximum atomic E-state index is 12.9. The number of nitrogens with one attached hydrogen (secondary N) is 1. The van der Waals surface area contributed by atoms with Gasteiger partial charge in [0.15, 0.2) is 0 Å². The molecule has 0 saturated carbocycles. The Morgan fingerprint density at radius 3 is 2.61 bits per heavy atom. The van der Waals surface area contributed by atoms with Crippen LogP contribution in [0.5, 0.6) is 0 Å². The second kappa shape index (κ2) is 5.96. The predicted molar refractivity (Wildman–Crippen MR) is 83.5 cm³/mol. The molecule has 6 nitrogen and oxygen atoms in total. The summed E-state index contributed by atoms with van der Waals surface area (Å²) in [5.41, 5.74) is 0.516. The fraction of sp³-hybridized carbons (Fsp3) is 0.125. The average molecular weight is 312 g/mol. The van der Waals surface area contributed by atoms with E-state index >= 15 is 0 Å². The molecule has 3 aromatic rings. The van der Waals surface area contributed by atoms with Crippen molar-refractivity contribution in [2.75, 3.05) is 5.32 Å². The number of hydrogen-bond donors (Lipinski definition) is 1. The van der Waals surface area contributed by atoms with Gasteiger partial charge < -0.3 is 5.32 Å². The number of hydrogen-bond acceptors (Lipinski definition) is 4. The molecule has 0 aliphatic rings. The van der Waals surface area contributed by atoms with Gasteiger partial charge >= 0.3 is 0 Å². The molecule has 116 valence electrons. The molecule has 1 unspecified atom stereocenters. The van der Waals surface area contributed by atoms with E-state index in [1.807, 2.05) is 0 Å². The third-order valence-corrected chi connectivity index (χ3v) is 3.45. The SMILES string of the molecule is CC(C(=O)Nc1ccc(F)cc1)n1nnc2ccccc2c1=O. The van der Waals surface area contributed by atoms with Crippen molar-refractivity contribution >= 4 is 22.5 Å². The quantitative estimate of drug-likeness (QED) is 0.804. The summed E-state index contributed by atoms with van der Waals surface area (Å²) in [6.45, 7) is 1.55. The van der Waals surface area contributed by atoms with Gasteiger partial charge in [-0.25, -0.2) is 4.39 Å². The summed E-state index contributed by atoms with van der Waals surface area (Å²) in [4.78, 5) is 24.7. The van der Waals surface area contributed by atoms with Crippen LogP contribution < -0.4 is 10.9 Å². The van der Waals surface area contributed by atoms with Gasteiger partial charge in [0.05, 0.1) is 5.39 Å². The maximum Gasteiger partial charge on any atom is 0.278 e. The third-order valence-electron chi connectivity index (χ3n) is 3.45. The van der Waals surface area contributed by atoms with Gasteiger partial charge in [0.1, 0.15) is 17.4 Å². The van der Waals surface area contributed by atoms with Crippen LogP contribution in [-0.4, -0.2) is 20.9 Å². The van der Waals surface area contributed by atoms with Gasteiger partial charge in [-0.3, -0.25) is 9.59 Å². The Labute approximate surface area is 130 Å². The molecule has 2 aromatic carbocycles. The van der Waals surface area contributed by atoms with Crippen molar-refractivity contribution < 1.29 is 9.18 Å². The van der Waals surface area contributed by atoms with E-state index in [1.54, 1.807) is 31.2 Å². The number of amides is 1. The molecule has 0 spiro atoms. The standard InChI is InChI=1S/C16H13FN4O2/c1-10(15(22)18-12-8-6-11(17)7-9-12)21-16(23)13-4-2-3-5-14(13)19-20-21/h2-10H,1H3,(H,18,22). The smallest absolute Gasteiger partial charge is 0.278 e. The van der Waals surface area contributed by atoms with E-state index in [4.69, 9.17) is 0 Å². The molecule has 1 N–H and O–H groups in total. The Bertz CT molecular complexity index is 921. The summed E-state index contributed by atoms with van der Waals surface area (Å²) in [7, 11) is 0. The molecule has 1 heterocycles.